The molecule has 0 aliphatic carbocycles. The molecule has 0 amide bonds. The molecule has 0 spiro atoms. The topological polar surface area (TPSA) is 144 Å². The Kier molecular flexibility index (Phi) is 21.7. The van der Waals surface area contributed by atoms with Crippen molar-refractivity contribution in [3.05, 3.63) is 83.5 Å². The maximum Gasteiger partial charge on any atom is 0.338 e. The Hall–Kier alpha value is -6.11. The highest BCUT2D eigenvalue weighted by Gasteiger charge is 2.37. The molecule has 0 aliphatic rings. The summed E-state index contributed by atoms with van der Waals surface area (Å²) in [7, 11) is 0. The third-order valence-electron chi connectivity index (χ3n) is 8.93. The van der Waals surface area contributed by atoms with Gasteiger partial charge in [0, 0.05) is 33.3 Å². The van der Waals surface area contributed by atoms with Gasteiger partial charge < -0.3 is 47.4 Å². The fourth-order valence-electron chi connectivity index (χ4n) is 6.09. The number of hydrogen-bond donors (Lipinski definition) is 0. The van der Waals surface area contributed by atoms with Gasteiger partial charge in [-0.15, -0.1) is 0 Å². The van der Waals surface area contributed by atoms with Crippen LogP contribution in [0.15, 0.2) is 66.8 Å². The van der Waals surface area contributed by atoms with Gasteiger partial charge in [0.05, 0.1) is 46.2 Å². The summed E-state index contributed by atoms with van der Waals surface area (Å²) >= 11 is 0. The average Bonchev–Trinajstić information content (AvgIpc) is 3.23. The first-order valence-electron chi connectivity index (χ1n) is 21.5. The minimum absolute atomic E-state index is 0.108. The Morgan fingerprint density at radius 3 is 1.27 bits per heavy atom. The van der Waals surface area contributed by atoms with Crippen molar-refractivity contribution in [1.29, 1.82) is 0 Å². The van der Waals surface area contributed by atoms with Crippen LogP contribution in [0.4, 0.5) is 0 Å². The van der Waals surface area contributed by atoms with Crippen LogP contribution in [0.3, 0.4) is 0 Å². The van der Waals surface area contributed by atoms with Crippen molar-refractivity contribution in [2.45, 2.75) is 108 Å². The molecule has 0 heterocycles. The van der Waals surface area contributed by atoms with Crippen LogP contribution < -0.4 is 47.4 Å². The second kappa shape index (κ2) is 25.7. The van der Waals surface area contributed by atoms with Gasteiger partial charge in [0.1, 0.15) is 0 Å². The Morgan fingerprint density at radius 1 is 0.444 bits per heavy atom. The van der Waals surface area contributed by atoms with Gasteiger partial charge in [-0.3, -0.25) is 0 Å². The van der Waals surface area contributed by atoms with E-state index in [-0.39, 0.29) is 35.0 Å². The Bertz CT molecular complexity index is 2080. The van der Waals surface area contributed by atoms with Crippen molar-refractivity contribution >= 4 is 17.9 Å². The first kappa shape index (κ1) is 53.0. The lowest BCUT2D eigenvalue weighted by Gasteiger charge is -2.32. The number of ether oxygens (including phenoxy) is 10. The molecule has 0 radical (unpaired) electrons. The number of carbonyl (C=O) groups is 3. The molecule has 3 rings (SSSR count). The summed E-state index contributed by atoms with van der Waals surface area (Å²) in [6.45, 7) is 37.3. The molecular weight excluding hydrogens is 809 g/mol. The molecule has 346 valence electrons. The van der Waals surface area contributed by atoms with Crippen LogP contribution in [0.25, 0.3) is 0 Å². The maximum atomic E-state index is 12.6. The predicted molar refractivity (Wildman–Crippen MR) is 245 cm³/mol. The molecule has 0 aliphatic heterocycles. The van der Waals surface area contributed by atoms with Crippen molar-refractivity contribution in [2.75, 3.05) is 46.2 Å². The van der Waals surface area contributed by atoms with Crippen molar-refractivity contribution in [2.24, 2.45) is 0 Å². The SMILES string of the molecule is C=C(C)C(=O)Oc1ccc(C(C)(C)c2cc(OCC)c(OC(=O)C(=C)C)c(OCC)c2OCC)c(OCC)c1OCC.C=C(C)C(=O)Oc1ccc(CCC)c(OCC)c1OCC. The summed E-state index contributed by atoms with van der Waals surface area (Å²) in [5.74, 6) is 1.79. The quantitative estimate of drug-likeness (QED) is 0.0479. The molecular formula is C50H68O13. The predicted octanol–water partition coefficient (Wildman–Crippen LogP) is 10.9. The molecule has 13 nitrogen and oxygen atoms in total. The van der Waals surface area contributed by atoms with Crippen LogP contribution in [0, 0.1) is 0 Å². The summed E-state index contributed by atoms with van der Waals surface area (Å²) in [6.07, 6.45) is 1.88. The zero-order valence-corrected chi connectivity index (χ0v) is 39.7. The van der Waals surface area contributed by atoms with Gasteiger partial charge in [-0.05, 0) is 99.4 Å². The average molecular weight is 877 g/mol. The van der Waals surface area contributed by atoms with Crippen molar-refractivity contribution in [1.82, 2.24) is 0 Å². The van der Waals surface area contributed by atoms with Crippen LogP contribution in [0.2, 0.25) is 0 Å². The number of hydrogen-bond acceptors (Lipinski definition) is 13. The number of aryl methyl sites for hydroxylation is 1. The highest BCUT2D eigenvalue weighted by Crippen LogP contribution is 2.55. The molecule has 0 atom stereocenters. The van der Waals surface area contributed by atoms with Gasteiger partial charge in [0.15, 0.2) is 34.5 Å². The normalized spacial score (nSPS) is 10.6. The summed E-state index contributed by atoms with van der Waals surface area (Å²) in [6, 6.07) is 8.93. The minimum atomic E-state index is -0.827. The van der Waals surface area contributed by atoms with E-state index in [0.29, 0.717) is 91.0 Å². The third-order valence-corrected chi connectivity index (χ3v) is 8.93. The summed E-state index contributed by atoms with van der Waals surface area (Å²) in [5, 5.41) is 0. The smallest absolute Gasteiger partial charge is 0.338 e. The van der Waals surface area contributed by atoms with Crippen LogP contribution in [-0.4, -0.2) is 64.2 Å². The van der Waals surface area contributed by atoms with E-state index >= 15 is 0 Å². The molecule has 63 heavy (non-hydrogen) atoms. The van der Waals surface area contributed by atoms with E-state index < -0.39 is 23.3 Å². The van der Waals surface area contributed by atoms with Gasteiger partial charge in [-0.1, -0.05) is 59.1 Å². The van der Waals surface area contributed by atoms with Crippen molar-refractivity contribution < 1.29 is 61.8 Å². The summed E-state index contributed by atoms with van der Waals surface area (Å²) in [5.41, 5.74) is 2.44. The fraction of sp³-hybridized carbons (Fsp3) is 0.460. The summed E-state index contributed by atoms with van der Waals surface area (Å²) in [4.78, 5) is 36.8. The van der Waals surface area contributed by atoms with Gasteiger partial charge >= 0.3 is 17.9 Å². The first-order valence-corrected chi connectivity index (χ1v) is 21.5. The summed E-state index contributed by atoms with van der Waals surface area (Å²) < 4.78 is 58.4. The molecule has 0 fully saturated rings. The Balaban J connectivity index is 0.000000543. The van der Waals surface area contributed by atoms with Crippen LogP contribution >= 0.6 is 0 Å². The highest BCUT2D eigenvalue weighted by molar-refractivity contribution is 5.91. The maximum absolute atomic E-state index is 12.6. The van der Waals surface area contributed by atoms with Crippen molar-refractivity contribution in [3.8, 4) is 57.5 Å². The van der Waals surface area contributed by atoms with E-state index in [0.717, 1.165) is 24.0 Å². The van der Waals surface area contributed by atoms with E-state index in [4.69, 9.17) is 47.4 Å². The zero-order chi connectivity index (χ0) is 47.4. The number of benzene rings is 3. The highest BCUT2D eigenvalue weighted by atomic mass is 16.6. The third kappa shape index (κ3) is 13.9. The molecule has 0 saturated heterocycles. The molecule has 0 saturated carbocycles. The monoisotopic (exact) mass is 876 g/mol. The van der Waals surface area contributed by atoms with Gasteiger partial charge in [-0.2, -0.15) is 0 Å². The number of esters is 3. The molecule has 0 unspecified atom stereocenters. The first-order chi connectivity index (χ1) is 29.9. The fourth-order valence-corrected chi connectivity index (χ4v) is 6.09. The van der Waals surface area contributed by atoms with Gasteiger partial charge in [-0.25, -0.2) is 14.4 Å². The number of rotatable bonds is 24. The van der Waals surface area contributed by atoms with E-state index in [1.54, 1.807) is 39.0 Å². The van der Waals surface area contributed by atoms with E-state index in [2.05, 4.69) is 26.7 Å². The van der Waals surface area contributed by atoms with E-state index in [1.165, 1.54) is 0 Å². The van der Waals surface area contributed by atoms with E-state index in [1.807, 2.05) is 74.4 Å². The van der Waals surface area contributed by atoms with Crippen LogP contribution in [0.1, 0.15) is 113 Å². The molecule has 3 aromatic carbocycles. The van der Waals surface area contributed by atoms with Crippen molar-refractivity contribution in [3.63, 3.8) is 0 Å². The molecule has 0 bridgehead atoms. The molecule has 0 aromatic heterocycles. The lowest BCUT2D eigenvalue weighted by Crippen LogP contribution is -2.23. The Morgan fingerprint density at radius 2 is 0.825 bits per heavy atom. The lowest BCUT2D eigenvalue weighted by molar-refractivity contribution is -0.131. The second-order valence-corrected chi connectivity index (χ2v) is 14.5. The van der Waals surface area contributed by atoms with Crippen LogP contribution in [0.5, 0.6) is 57.5 Å². The zero-order valence-electron chi connectivity index (χ0n) is 39.7. The number of carbonyl (C=O) groups excluding carboxylic acids is 3. The largest absolute Gasteiger partial charge is 0.490 e. The van der Waals surface area contributed by atoms with Gasteiger partial charge in [0.25, 0.3) is 0 Å². The minimum Gasteiger partial charge on any atom is -0.490 e. The van der Waals surface area contributed by atoms with E-state index in [9.17, 15) is 14.4 Å². The lowest BCUT2D eigenvalue weighted by atomic mass is 9.76. The Labute approximate surface area is 374 Å². The standard InChI is InChI=1S/C33H44O9.C17H24O4/c1-12-36-25-19-23(27(38-14-3)30(40-16-5)29(25)42-32(35)21(8)9)33(10,11)22-17-18-24(41-31(34)20(6)7)28(39-15-4)26(22)37-13-2;1-6-9-13-10-11-14(21-17(18)12(4)5)16(20-8-3)15(13)19-7-2/h17-19H,6,8,12-16H2,1-5,7,9-11H3;10-11H,4,6-9H2,1-3,5H3. The second-order valence-electron chi connectivity index (χ2n) is 14.5. The van der Waals surface area contributed by atoms with Crippen LogP contribution in [-0.2, 0) is 26.2 Å². The molecule has 13 heteroatoms. The molecule has 0 N–H and O–H groups in total. The molecule has 3 aromatic rings. The van der Waals surface area contributed by atoms with Gasteiger partial charge in [0.2, 0.25) is 23.0 Å².